The Kier molecular flexibility index (Phi) is 0.677. The predicted molar refractivity (Wildman–Crippen MR) is 21.5 cm³/mol. The van der Waals surface area contributed by atoms with Crippen molar-refractivity contribution in [2.75, 3.05) is 0 Å². The van der Waals surface area contributed by atoms with Gasteiger partial charge in [0.15, 0.2) is 0 Å². The second-order valence-corrected chi connectivity index (χ2v) is 0.685. The van der Waals surface area contributed by atoms with E-state index in [1.165, 1.54) is 6.34 Å². The molecule has 1 heterocycles. The minimum absolute atomic E-state index is 1.37. The maximum Gasteiger partial charge on any atom is 0.142 e. The molecule has 0 saturated carbocycles. The molecule has 1 aliphatic rings. The highest BCUT2D eigenvalue weighted by molar-refractivity contribution is 5.58. The average molecular weight is 82.1 g/mol. The fraction of sp³-hybridized carbons (Fsp3) is 0. The van der Waals surface area contributed by atoms with Gasteiger partial charge in [-0.1, -0.05) is 5.10 Å². The fourth-order valence-corrected chi connectivity index (χ4v) is 0.161. The average Bonchev–Trinajstić information content (AvgIpc) is 1.72. The van der Waals surface area contributed by atoms with Crippen molar-refractivity contribution in [1.82, 2.24) is 5.43 Å². The second kappa shape index (κ2) is 1.33. The van der Waals surface area contributed by atoms with E-state index in [2.05, 4.69) is 26.7 Å². The lowest BCUT2D eigenvalue weighted by atomic mass is 11.3. The first-order chi connectivity index (χ1) is 3.00. The molecule has 1 aliphatic heterocycles. The Hall–Kier alpha value is -1.15. The summed E-state index contributed by atoms with van der Waals surface area (Å²) >= 11 is 0. The molecule has 4 heteroatoms. The van der Waals surface area contributed by atoms with E-state index < -0.39 is 0 Å². The van der Waals surface area contributed by atoms with Gasteiger partial charge in [0.05, 0.1) is 0 Å². The Labute approximate surface area is 34.3 Å². The van der Waals surface area contributed by atoms with Gasteiger partial charge in [0.2, 0.25) is 0 Å². The summed E-state index contributed by atoms with van der Waals surface area (Å²) in [6.07, 6.45) is 1.37. The summed E-state index contributed by atoms with van der Waals surface area (Å²) in [6, 6.07) is 2.23. The number of hydrogen-bond acceptors (Lipinski definition) is 4. The van der Waals surface area contributed by atoms with E-state index in [0.29, 0.717) is 0 Å². The van der Waals surface area contributed by atoms with Crippen LogP contribution in [0.25, 0.3) is 0 Å². The lowest BCUT2D eigenvalue weighted by molar-refractivity contribution is 1.01. The van der Waals surface area contributed by atoms with Crippen LogP contribution < -0.4 is 5.43 Å². The zero-order valence-electron chi connectivity index (χ0n) is 2.92. The Morgan fingerprint density at radius 3 is 2.83 bits per heavy atom. The normalized spacial score (nSPS) is 14.7. The molecule has 0 amide bonds. The van der Waals surface area contributed by atoms with Crippen molar-refractivity contribution in [3.63, 3.8) is 0 Å². The lowest BCUT2D eigenvalue weighted by Crippen LogP contribution is -2.00. The van der Waals surface area contributed by atoms with Gasteiger partial charge < -0.3 is 0 Å². The molecule has 0 aromatic carbocycles. The summed E-state index contributed by atoms with van der Waals surface area (Å²) in [5.74, 6) is 0. The molecule has 30 valence electrons. The first-order valence-corrected chi connectivity index (χ1v) is 1.42. The van der Waals surface area contributed by atoms with Gasteiger partial charge in [-0.05, 0) is 0 Å². The van der Waals surface area contributed by atoms with Crippen LogP contribution in [0.1, 0.15) is 0 Å². The topological polar surface area (TPSA) is 49.1 Å². The highest BCUT2D eigenvalue weighted by Crippen LogP contribution is 1.65. The van der Waals surface area contributed by atoms with E-state index in [4.69, 9.17) is 0 Å². The summed E-state index contributed by atoms with van der Waals surface area (Å²) in [5.41, 5.74) is 2.41. The van der Waals surface area contributed by atoms with E-state index in [1.54, 1.807) is 0 Å². The van der Waals surface area contributed by atoms with Crippen LogP contribution in [0.3, 0.4) is 0 Å². The van der Waals surface area contributed by atoms with E-state index in [0.717, 1.165) is 0 Å². The minimum Gasteiger partial charge on any atom is -0.256 e. The van der Waals surface area contributed by atoms with Crippen LogP contribution in [0, 0.1) is 0 Å². The van der Waals surface area contributed by atoms with Crippen molar-refractivity contribution in [3.8, 4) is 0 Å². The van der Waals surface area contributed by atoms with Gasteiger partial charge in [0, 0.05) is 0 Å². The molecule has 0 radical (unpaired) electrons. The van der Waals surface area contributed by atoms with Gasteiger partial charge in [-0.3, -0.25) is 5.43 Å². The molecule has 0 saturated heterocycles. The summed E-state index contributed by atoms with van der Waals surface area (Å²) < 4.78 is 0. The van der Waals surface area contributed by atoms with Crippen molar-refractivity contribution >= 4 is 12.3 Å². The molecule has 0 aromatic heterocycles. The van der Waals surface area contributed by atoms with E-state index in [-0.39, 0.29) is 0 Å². The van der Waals surface area contributed by atoms with Gasteiger partial charge >= 0.3 is 0 Å². The molecule has 0 bridgehead atoms. The monoisotopic (exact) mass is 82.0 g/mol. The molecular weight excluding hydrogens is 80.1 g/mol. The van der Waals surface area contributed by atoms with Crippen LogP contribution in [0.5, 0.6) is 0 Å². The van der Waals surface area contributed by atoms with Crippen LogP contribution in [-0.4, -0.2) is 12.3 Å². The Balaban J connectivity index is 2.78. The first-order valence-electron chi connectivity index (χ1n) is 1.42. The molecule has 0 aliphatic carbocycles. The molecule has 1 N–H and O–H groups in total. The van der Waals surface area contributed by atoms with Gasteiger partial charge in [0.1, 0.15) is 12.3 Å². The molecular formula is C2H2N4. The summed E-state index contributed by atoms with van der Waals surface area (Å²) in [5, 5.41) is 9.99. The molecule has 6 heavy (non-hydrogen) atoms. The number of hydrogen-bond donors (Lipinski definition) is 1. The van der Waals surface area contributed by atoms with Crippen LogP contribution in [0.4, 0.5) is 0 Å². The Morgan fingerprint density at radius 2 is 2.67 bits per heavy atom. The quantitative estimate of drug-likeness (QED) is 0.425. The second-order valence-electron chi connectivity index (χ2n) is 0.685. The van der Waals surface area contributed by atoms with E-state index in [9.17, 15) is 0 Å². The van der Waals surface area contributed by atoms with Crippen LogP contribution in [0.2, 0.25) is 0 Å². The SMILES string of the molecule is C1=NN=CNN=1. The largest absolute Gasteiger partial charge is 0.256 e. The highest BCUT2D eigenvalue weighted by atomic mass is 15.4. The molecule has 0 aromatic rings. The number of rotatable bonds is 0. The predicted octanol–water partition coefficient (Wildman–Crippen LogP) is -0.378. The van der Waals surface area contributed by atoms with Crippen molar-refractivity contribution in [2.24, 2.45) is 15.3 Å². The van der Waals surface area contributed by atoms with E-state index >= 15 is 0 Å². The summed E-state index contributed by atoms with van der Waals surface area (Å²) in [7, 11) is 0. The summed E-state index contributed by atoms with van der Waals surface area (Å²) in [6.45, 7) is 0. The third-order valence-electron chi connectivity index (χ3n) is 0.332. The fourth-order valence-electron chi connectivity index (χ4n) is 0.161. The third-order valence-corrected chi connectivity index (χ3v) is 0.332. The Bertz CT molecular complexity index is 118. The van der Waals surface area contributed by atoms with Crippen molar-refractivity contribution in [1.29, 1.82) is 0 Å². The molecule has 1 rings (SSSR count). The molecule has 0 fully saturated rings. The van der Waals surface area contributed by atoms with Crippen LogP contribution in [-0.2, 0) is 0 Å². The Morgan fingerprint density at radius 1 is 1.67 bits per heavy atom. The molecule has 0 spiro atoms. The van der Waals surface area contributed by atoms with Gasteiger partial charge in [0.25, 0.3) is 0 Å². The zero-order valence-corrected chi connectivity index (χ0v) is 2.92. The lowest BCUT2D eigenvalue weighted by Gasteiger charge is -1.81. The molecule has 0 unspecified atom stereocenters. The van der Waals surface area contributed by atoms with Crippen LogP contribution in [0.15, 0.2) is 15.3 Å². The van der Waals surface area contributed by atoms with E-state index in [1.807, 2.05) is 0 Å². The van der Waals surface area contributed by atoms with Crippen molar-refractivity contribution in [2.45, 2.75) is 0 Å². The molecule has 4 nitrogen and oxygen atoms in total. The van der Waals surface area contributed by atoms with Crippen LogP contribution >= 0.6 is 0 Å². The minimum atomic E-state index is 1.37. The van der Waals surface area contributed by atoms with Gasteiger partial charge in [-0.2, -0.15) is 0 Å². The van der Waals surface area contributed by atoms with Gasteiger partial charge in [-0.15, -0.1) is 10.2 Å². The van der Waals surface area contributed by atoms with Crippen molar-refractivity contribution < 1.29 is 0 Å². The maximum absolute atomic E-state index is 3.36. The number of hydrazone groups is 1. The third kappa shape index (κ3) is 0.415. The van der Waals surface area contributed by atoms with Crippen molar-refractivity contribution in [3.05, 3.63) is 0 Å². The van der Waals surface area contributed by atoms with Gasteiger partial charge in [-0.25, -0.2) is 0 Å². The maximum atomic E-state index is 3.36. The number of nitrogens with zero attached hydrogens (tertiary/aromatic N) is 3. The molecule has 0 atom stereocenters. The standard InChI is InChI=1S/C2H2N4/c1-3-5-2-6-4-1/h1H,(H,3,4). The summed E-state index contributed by atoms with van der Waals surface area (Å²) in [4.78, 5) is 0. The highest BCUT2D eigenvalue weighted by Gasteiger charge is 1.67. The first kappa shape index (κ1) is 3.06. The number of nitrogens with one attached hydrogen (secondary N) is 1. The smallest absolute Gasteiger partial charge is 0.142 e. The zero-order chi connectivity index (χ0) is 4.24.